The third kappa shape index (κ3) is 5.26. The van der Waals surface area contributed by atoms with Crippen LogP contribution >= 0.6 is 0 Å². The zero-order chi connectivity index (χ0) is 22.9. The van der Waals surface area contributed by atoms with Crippen molar-refractivity contribution in [3.05, 3.63) is 35.4 Å². The standard InChI is InChI=1S/C25H36N2O5/c1-25(2,3)32-24(30)26-14-12-19(13-15-26)31-18-10-8-17(9-11-18)16-27-22(28)20-6-4-5-7-21(20)23(27)29/h4-7,17-19,22,28H,8-16H2,1-3H3. The van der Waals surface area contributed by atoms with Gasteiger partial charge in [-0.25, -0.2) is 4.79 Å². The van der Waals surface area contributed by atoms with Gasteiger partial charge >= 0.3 is 6.09 Å². The van der Waals surface area contributed by atoms with Crippen LogP contribution < -0.4 is 0 Å². The number of ether oxygens (including phenoxy) is 2. The van der Waals surface area contributed by atoms with Crippen LogP contribution in [-0.2, 0) is 9.47 Å². The number of carbonyl (C=O) groups is 2. The normalized spacial score (nSPS) is 26.9. The van der Waals surface area contributed by atoms with Crippen LogP contribution in [0.4, 0.5) is 4.79 Å². The first kappa shape index (κ1) is 23.1. The van der Waals surface area contributed by atoms with E-state index in [1.807, 2.05) is 39.0 Å². The van der Waals surface area contributed by atoms with Crippen LogP contribution in [-0.4, -0.2) is 64.4 Å². The number of fused-ring (bicyclic) bond motifs is 1. The Morgan fingerprint density at radius 3 is 2.28 bits per heavy atom. The molecule has 4 rings (SSSR count). The molecule has 0 spiro atoms. The summed E-state index contributed by atoms with van der Waals surface area (Å²) < 4.78 is 11.8. The predicted octanol–water partition coefficient (Wildman–Crippen LogP) is 4.11. The molecule has 2 fully saturated rings. The summed E-state index contributed by atoms with van der Waals surface area (Å²) in [7, 11) is 0. The molecular weight excluding hydrogens is 408 g/mol. The molecule has 1 aliphatic carbocycles. The molecule has 7 nitrogen and oxygen atoms in total. The van der Waals surface area contributed by atoms with Crippen LogP contribution in [0.5, 0.6) is 0 Å². The second-order valence-electron chi connectivity index (χ2n) is 10.4. The Balaban J connectivity index is 1.19. The van der Waals surface area contributed by atoms with Gasteiger partial charge in [-0.05, 0) is 71.3 Å². The highest BCUT2D eigenvalue weighted by molar-refractivity contribution is 5.98. The van der Waals surface area contributed by atoms with Crippen molar-refractivity contribution in [2.24, 2.45) is 5.92 Å². The lowest BCUT2D eigenvalue weighted by atomic mass is 9.86. The fourth-order valence-corrected chi connectivity index (χ4v) is 5.04. The van der Waals surface area contributed by atoms with Crippen molar-refractivity contribution in [1.29, 1.82) is 0 Å². The molecule has 2 aliphatic heterocycles. The maximum Gasteiger partial charge on any atom is 0.410 e. The van der Waals surface area contributed by atoms with Gasteiger partial charge in [0.1, 0.15) is 5.60 Å². The predicted molar refractivity (Wildman–Crippen MR) is 120 cm³/mol. The molecule has 7 heteroatoms. The molecule has 1 saturated heterocycles. The second kappa shape index (κ2) is 9.40. The van der Waals surface area contributed by atoms with Gasteiger partial charge in [0.25, 0.3) is 5.91 Å². The third-order valence-electron chi connectivity index (χ3n) is 6.75. The summed E-state index contributed by atoms with van der Waals surface area (Å²) in [6.07, 6.45) is 4.97. The van der Waals surface area contributed by atoms with Gasteiger partial charge < -0.3 is 24.4 Å². The number of amides is 2. The topological polar surface area (TPSA) is 79.3 Å². The smallest absolute Gasteiger partial charge is 0.410 e. The number of rotatable bonds is 4. The van der Waals surface area contributed by atoms with Gasteiger partial charge in [0.05, 0.1) is 12.2 Å². The molecule has 176 valence electrons. The lowest BCUT2D eigenvalue weighted by Crippen LogP contribution is -2.44. The Bertz CT molecular complexity index is 820. The highest BCUT2D eigenvalue weighted by atomic mass is 16.6. The lowest BCUT2D eigenvalue weighted by Gasteiger charge is -2.37. The number of piperidine rings is 1. The van der Waals surface area contributed by atoms with E-state index in [1.165, 1.54) is 0 Å². The zero-order valence-electron chi connectivity index (χ0n) is 19.5. The number of nitrogens with zero attached hydrogens (tertiary/aromatic N) is 2. The van der Waals surface area contributed by atoms with E-state index in [-0.39, 0.29) is 24.2 Å². The van der Waals surface area contributed by atoms with Gasteiger partial charge in [-0.15, -0.1) is 0 Å². The molecule has 1 unspecified atom stereocenters. The summed E-state index contributed by atoms with van der Waals surface area (Å²) in [5.41, 5.74) is 0.865. The summed E-state index contributed by atoms with van der Waals surface area (Å²) in [5.74, 6) is 0.319. The Hall–Kier alpha value is -2.12. The van der Waals surface area contributed by atoms with E-state index in [0.29, 0.717) is 36.7 Å². The Morgan fingerprint density at radius 2 is 1.66 bits per heavy atom. The van der Waals surface area contributed by atoms with E-state index in [2.05, 4.69) is 0 Å². The van der Waals surface area contributed by atoms with E-state index >= 15 is 0 Å². The molecule has 1 N–H and O–H groups in total. The summed E-state index contributed by atoms with van der Waals surface area (Å²) >= 11 is 0. The van der Waals surface area contributed by atoms with E-state index in [4.69, 9.17) is 9.47 Å². The van der Waals surface area contributed by atoms with Crippen LogP contribution in [0.15, 0.2) is 24.3 Å². The number of benzene rings is 1. The number of aliphatic hydroxyl groups is 1. The maximum atomic E-state index is 12.7. The van der Waals surface area contributed by atoms with Gasteiger partial charge in [-0.1, -0.05) is 18.2 Å². The molecule has 32 heavy (non-hydrogen) atoms. The molecule has 1 atom stereocenters. The van der Waals surface area contributed by atoms with Gasteiger partial charge in [0.2, 0.25) is 0 Å². The average Bonchev–Trinajstić information content (AvgIpc) is 2.99. The van der Waals surface area contributed by atoms with Crippen LogP contribution in [0.3, 0.4) is 0 Å². The maximum absolute atomic E-state index is 12.7. The van der Waals surface area contributed by atoms with Crippen LogP contribution in [0.25, 0.3) is 0 Å². The monoisotopic (exact) mass is 444 g/mol. The summed E-state index contributed by atoms with van der Waals surface area (Å²) in [5, 5.41) is 10.6. The van der Waals surface area contributed by atoms with Crippen molar-refractivity contribution in [3.63, 3.8) is 0 Å². The van der Waals surface area contributed by atoms with Crippen molar-refractivity contribution >= 4 is 12.0 Å². The fraction of sp³-hybridized carbons (Fsp3) is 0.680. The molecule has 0 bridgehead atoms. The second-order valence-corrected chi connectivity index (χ2v) is 10.4. The minimum atomic E-state index is -0.831. The molecule has 0 radical (unpaired) electrons. The van der Waals surface area contributed by atoms with Crippen LogP contribution in [0.2, 0.25) is 0 Å². The van der Waals surface area contributed by atoms with E-state index in [1.54, 1.807) is 15.9 Å². The van der Waals surface area contributed by atoms with Gasteiger partial charge in [0.15, 0.2) is 6.23 Å². The zero-order valence-corrected chi connectivity index (χ0v) is 19.5. The van der Waals surface area contributed by atoms with Gasteiger partial charge in [0, 0.05) is 30.8 Å². The number of likely N-dealkylation sites (tertiary alicyclic amines) is 1. The van der Waals surface area contributed by atoms with Crippen molar-refractivity contribution in [2.45, 2.75) is 83.3 Å². The Labute approximate surface area is 190 Å². The number of hydrogen-bond acceptors (Lipinski definition) is 5. The molecule has 1 aromatic carbocycles. The number of carbonyl (C=O) groups excluding carboxylic acids is 2. The minimum Gasteiger partial charge on any atom is -0.444 e. The minimum absolute atomic E-state index is 0.0665. The van der Waals surface area contributed by atoms with Gasteiger partial charge in [-0.2, -0.15) is 0 Å². The molecule has 0 aromatic heterocycles. The fourth-order valence-electron chi connectivity index (χ4n) is 5.04. The van der Waals surface area contributed by atoms with Crippen LogP contribution in [0, 0.1) is 5.92 Å². The van der Waals surface area contributed by atoms with E-state index in [0.717, 1.165) is 38.5 Å². The van der Waals surface area contributed by atoms with E-state index < -0.39 is 11.8 Å². The number of hydrogen-bond donors (Lipinski definition) is 1. The van der Waals surface area contributed by atoms with Crippen molar-refractivity contribution in [3.8, 4) is 0 Å². The SMILES string of the molecule is CC(C)(C)OC(=O)N1CCC(OC2CCC(CN3C(=O)c4ccccc4C3O)CC2)CC1. The third-order valence-corrected chi connectivity index (χ3v) is 6.75. The van der Waals surface area contributed by atoms with Crippen molar-refractivity contribution in [2.75, 3.05) is 19.6 Å². The summed E-state index contributed by atoms with van der Waals surface area (Å²) in [6.45, 7) is 7.59. The highest BCUT2D eigenvalue weighted by Crippen LogP contribution is 2.35. The van der Waals surface area contributed by atoms with Crippen molar-refractivity contribution < 1.29 is 24.2 Å². The Kier molecular flexibility index (Phi) is 6.77. The molecule has 2 amide bonds. The molecule has 1 aromatic rings. The van der Waals surface area contributed by atoms with Crippen LogP contribution in [0.1, 0.15) is 81.4 Å². The highest BCUT2D eigenvalue weighted by Gasteiger charge is 2.37. The first-order valence-electron chi connectivity index (χ1n) is 11.9. The van der Waals surface area contributed by atoms with Gasteiger partial charge in [-0.3, -0.25) is 4.79 Å². The van der Waals surface area contributed by atoms with Crippen molar-refractivity contribution in [1.82, 2.24) is 9.80 Å². The molecule has 1 saturated carbocycles. The Morgan fingerprint density at radius 1 is 1.03 bits per heavy atom. The molecule has 3 aliphatic rings. The largest absolute Gasteiger partial charge is 0.444 e. The molecule has 2 heterocycles. The quantitative estimate of drug-likeness (QED) is 0.756. The average molecular weight is 445 g/mol. The number of aliphatic hydroxyl groups excluding tert-OH is 1. The summed E-state index contributed by atoms with van der Waals surface area (Å²) in [6, 6.07) is 7.32. The summed E-state index contributed by atoms with van der Waals surface area (Å²) in [4.78, 5) is 28.3. The molecular formula is C25H36N2O5. The van der Waals surface area contributed by atoms with E-state index in [9.17, 15) is 14.7 Å². The lowest BCUT2D eigenvalue weighted by molar-refractivity contribution is -0.0653. The first-order valence-corrected chi connectivity index (χ1v) is 11.9. The first-order chi connectivity index (χ1) is 15.2.